The molecule has 2 nitrogen and oxygen atoms in total. The third kappa shape index (κ3) is 2.90. The second-order valence-corrected chi connectivity index (χ2v) is 6.89. The summed E-state index contributed by atoms with van der Waals surface area (Å²) in [6.07, 6.45) is 2.58. The second kappa shape index (κ2) is 5.09. The topological polar surface area (TPSA) is 21.3 Å². The van der Waals surface area contributed by atoms with Crippen LogP contribution in [0.3, 0.4) is 0 Å². The number of thiophene rings is 1. The normalized spacial score (nSPS) is 21.1. The van der Waals surface area contributed by atoms with E-state index in [9.17, 15) is 0 Å². The van der Waals surface area contributed by atoms with Gasteiger partial charge in [0.15, 0.2) is 0 Å². The van der Waals surface area contributed by atoms with E-state index >= 15 is 0 Å². The summed E-state index contributed by atoms with van der Waals surface area (Å²) in [7, 11) is 1.75. The summed E-state index contributed by atoms with van der Waals surface area (Å²) in [5, 5.41) is 5.73. The molecule has 1 N–H and O–H groups in total. The Bertz CT molecular complexity index is 337. The summed E-state index contributed by atoms with van der Waals surface area (Å²) in [5.41, 5.74) is 0.887. The predicted molar refractivity (Wildman–Crippen MR) is 73.8 cm³/mol. The van der Waals surface area contributed by atoms with Gasteiger partial charge in [0, 0.05) is 30.5 Å². The smallest absolute Gasteiger partial charge is 0.0587 e. The van der Waals surface area contributed by atoms with E-state index in [0.717, 1.165) is 19.7 Å². The Morgan fingerprint density at radius 2 is 2.18 bits per heavy atom. The van der Waals surface area contributed by atoms with Gasteiger partial charge in [-0.05, 0) is 29.7 Å². The molecule has 1 aliphatic rings. The van der Waals surface area contributed by atoms with Gasteiger partial charge in [0.25, 0.3) is 0 Å². The molecule has 1 aromatic heterocycles. The highest BCUT2D eigenvalue weighted by Crippen LogP contribution is 2.55. The molecule has 1 heterocycles. The minimum Gasteiger partial charge on any atom is -0.383 e. The maximum Gasteiger partial charge on any atom is 0.0587 e. The summed E-state index contributed by atoms with van der Waals surface area (Å²) >= 11 is 1.90. The van der Waals surface area contributed by atoms with E-state index in [1.54, 1.807) is 12.0 Å². The van der Waals surface area contributed by atoms with Crippen LogP contribution in [0, 0.1) is 5.41 Å². The standard InChI is InChI=1S/C14H23NOS/c1-13(2)9-14(10-13,11-15-6-7-16-3)12-5-4-8-17-12/h4-5,8,15H,6-7,9-11H2,1-3H3. The third-order valence-corrected chi connectivity index (χ3v) is 4.74. The molecule has 96 valence electrons. The van der Waals surface area contributed by atoms with E-state index in [-0.39, 0.29) is 0 Å². The maximum absolute atomic E-state index is 5.08. The number of hydrogen-bond acceptors (Lipinski definition) is 3. The summed E-state index contributed by atoms with van der Waals surface area (Å²) in [6, 6.07) is 4.46. The van der Waals surface area contributed by atoms with Gasteiger partial charge < -0.3 is 10.1 Å². The average molecular weight is 253 g/mol. The van der Waals surface area contributed by atoms with Gasteiger partial charge >= 0.3 is 0 Å². The summed E-state index contributed by atoms with van der Waals surface area (Å²) < 4.78 is 5.08. The van der Waals surface area contributed by atoms with Crippen LogP contribution in [0.15, 0.2) is 17.5 Å². The lowest BCUT2D eigenvalue weighted by Crippen LogP contribution is -2.52. The molecule has 0 saturated heterocycles. The number of ether oxygens (including phenoxy) is 1. The molecule has 0 atom stereocenters. The van der Waals surface area contributed by atoms with Crippen molar-refractivity contribution in [2.75, 3.05) is 26.8 Å². The molecule has 17 heavy (non-hydrogen) atoms. The molecule has 0 amide bonds. The van der Waals surface area contributed by atoms with Crippen molar-refractivity contribution in [1.82, 2.24) is 5.32 Å². The molecule has 2 rings (SSSR count). The molecular formula is C14H23NOS. The minimum atomic E-state index is 0.380. The minimum absolute atomic E-state index is 0.380. The van der Waals surface area contributed by atoms with Crippen molar-refractivity contribution in [3.8, 4) is 0 Å². The van der Waals surface area contributed by atoms with Gasteiger partial charge in [-0.1, -0.05) is 19.9 Å². The van der Waals surface area contributed by atoms with Crippen molar-refractivity contribution < 1.29 is 4.74 Å². The summed E-state index contributed by atoms with van der Waals surface area (Å²) in [4.78, 5) is 1.54. The van der Waals surface area contributed by atoms with Crippen LogP contribution in [-0.2, 0) is 10.2 Å². The lowest BCUT2D eigenvalue weighted by atomic mass is 9.54. The molecule has 3 heteroatoms. The zero-order chi connectivity index (χ0) is 12.4. The SMILES string of the molecule is COCCNCC1(c2cccs2)CC(C)(C)C1. The van der Waals surface area contributed by atoms with Crippen molar-refractivity contribution in [3.63, 3.8) is 0 Å². The summed E-state index contributed by atoms with van der Waals surface area (Å²) in [6.45, 7) is 7.57. The van der Waals surface area contributed by atoms with Crippen LogP contribution in [0.2, 0.25) is 0 Å². The second-order valence-electron chi connectivity index (χ2n) is 5.94. The monoisotopic (exact) mass is 253 g/mol. The fourth-order valence-corrected chi connectivity index (χ4v) is 4.18. The highest BCUT2D eigenvalue weighted by molar-refractivity contribution is 7.10. The molecule has 0 radical (unpaired) electrons. The first-order valence-electron chi connectivity index (χ1n) is 6.32. The Morgan fingerprint density at radius 1 is 1.41 bits per heavy atom. The first-order valence-corrected chi connectivity index (χ1v) is 7.20. The van der Waals surface area contributed by atoms with Gasteiger partial charge in [-0.25, -0.2) is 0 Å². The van der Waals surface area contributed by atoms with Crippen molar-refractivity contribution in [2.24, 2.45) is 5.41 Å². The first-order chi connectivity index (χ1) is 8.08. The average Bonchev–Trinajstić information content (AvgIpc) is 2.74. The van der Waals surface area contributed by atoms with Crippen molar-refractivity contribution in [1.29, 1.82) is 0 Å². The highest BCUT2D eigenvalue weighted by atomic mass is 32.1. The number of nitrogens with one attached hydrogen (secondary N) is 1. The number of methoxy groups -OCH3 is 1. The molecule has 1 saturated carbocycles. The molecular weight excluding hydrogens is 230 g/mol. The van der Waals surface area contributed by atoms with Crippen LogP contribution < -0.4 is 5.32 Å². The zero-order valence-corrected chi connectivity index (χ0v) is 11.9. The third-order valence-electron chi connectivity index (χ3n) is 3.62. The molecule has 1 fully saturated rings. The maximum atomic E-state index is 5.08. The van der Waals surface area contributed by atoms with Crippen LogP contribution >= 0.6 is 11.3 Å². The van der Waals surface area contributed by atoms with E-state index < -0.39 is 0 Å². The van der Waals surface area contributed by atoms with E-state index in [4.69, 9.17) is 4.74 Å². The quantitative estimate of drug-likeness (QED) is 0.787. The van der Waals surface area contributed by atoms with E-state index in [0.29, 0.717) is 10.8 Å². The van der Waals surface area contributed by atoms with Crippen LogP contribution in [0.25, 0.3) is 0 Å². The Labute approximate surface area is 108 Å². The zero-order valence-electron chi connectivity index (χ0n) is 11.1. The van der Waals surface area contributed by atoms with Crippen LogP contribution in [0.4, 0.5) is 0 Å². The van der Waals surface area contributed by atoms with Gasteiger partial charge in [0.05, 0.1) is 6.61 Å². The molecule has 1 aromatic rings. The van der Waals surface area contributed by atoms with Gasteiger partial charge in [-0.15, -0.1) is 11.3 Å². The highest BCUT2D eigenvalue weighted by Gasteiger charge is 2.50. The fraction of sp³-hybridized carbons (Fsp3) is 0.714. The number of rotatable bonds is 6. The molecule has 1 aliphatic carbocycles. The van der Waals surface area contributed by atoms with E-state index in [1.807, 2.05) is 11.3 Å². The van der Waals surface area contributed by atoms with Crippen molar-refractivity contribution >= 4 is 11.3 Å². The Hall–Kier alpha value is -0.380. The Balaban J connectivity index is 1.96. The number of hydrogen-bond donors (Lipinski definition) is 1. The Morgan fingerprint density at radius 3 is 2.71 bits per heavy atom. The fourth-order valence-electron chi connectivity index (χ4n) is 3.25. The van der Waals surface area contributed by atoms with E-state index in [1.165, 1.54) is 12.8 Å². The molecule has 0 unspecified atom stereocenters. The molecule has 0 spiro atoms. The first kappa shape index (κ1) is 13.1. The lowest BCUT2D eigenvalue weighted by Gasteiger charge is -2.53. The largest absolute Gasteiger partial charge is 0.383 e. The van der Waals surface area contributed by atoms with Crippen molar-refractivity contribution in [2.45, 2.75) is 32.1 Å². The predicted octanol–water partition coefficient (Wildman–Crippen LogP) is 3.04. The lowest BCUT2D eigenvalue weighted by molar-refractivity contribution is 0.0575. The van der Waals surface area contributed by atoms with Gasteiger partial charge in [0.2, 0.25) is 0 Å². The summed E-state index contributed by atoms with van der Waals surface area (Å²) in [5.74, 6) is 0. The molecule has 0 aliphatic heterocycles. The van der Waals surface area contributed by atoms with Crippen LogP contribution in [-0.4, -0.2) is 26.8 Å². The molecule has 0 aromatic carbocycles. The van der Waals surface area contributed by atoms with Gasteiger partial charge in [-0.3, -0.25) is 0 Å². The van der Waals surface area contributed by atoms with E-state index in [2.05, 4.69) is 36.7 Å². The van der Waals surface area contributed by atoms with Crippen LogP contribution in [0.5, 0.6) is 0 Å². The molecule has 0 bridgehead atoms. The van der Waals surface area contributed by atoms with Gasteiger partial charge in [-0.2, -0.15) is 0 Å². The Kier molecular flexibility index (Phi) is 3.91. The van der Waals surface area contributed by atoms with Crippen LogP contribution in [0.1, 0.15) is 31.6 Å². The van der Waals surface area contributed by atoms with Crippen molar-refractivity contribution in [3.05, 3.63) is 22.4 Å². The van der Waals surface area contributed by atoms with Gasteiger partial charge in [0.1, 0.15) is 0 Å².